The second-order valence-corrected chi connectivity index (χ2v) is 6.82. The Morgan fingerprint density at radius 1 is 1.38 bits per heavy atom. The van der Waals surface area contributed by atoms with E-state index in [2.05, 4.69) is 15.4 Å². The summed E-state index contributed by atoms with van der Waals surface area (Å²) in [5, 5.41) is 7.27. The SMILES string of the molecule is CC(C)c1nc(C(=O)NC2CCCC2CN)nn1-c1ccccc1F.Cl. The van der Waals surface area contributed by atoms with Crippen molar-refractivity contribution in [3.8, 4) is 5.69 Å². The van der Waals surface area contributed by atoms with E-state index in [4.69, 9.17) is 5.73 Å². The fourth-order valence-electron chi connectivity index (χ4n) is 3.34. The summed E-state index contributed by atoms with van der Waals surface area (Å²) in [4.78, 5) is 16.9. The summed E-state index contributed by atoms with van der Waals surface area (Å²) in [6, 6.07) is 6.39. The van der Waals surface area contributed by atoms with Gasteiger partial charge >= 0.3 is 0 Å². The predicted octanol–water partition coefficient (Wildman–Crippen LogP) is 2.81. The van der Waals surface area contributed by atoms with Crippen LogP contribution in [0.15, 0.2) is 24.3 Å². The van der Waals surface area contributed by atoms with Crippen molar-refractivity contribution in [2.75, 3.05) is 6.54 Å². The van der Waals surface area contributed by atoms with E-state index >= 15 is 0 Å². The van der Waals surface area contributed by atoms with Crippen LogP contribution in [-0.4, -0.2) is 33.3 Å². The molecule has 0 bridgehead atoms. The number of halogens is 2. The van der Waals surface area contributed by atoms with Gasteiger partial charge in [0.2, 0.25) is 5.82 Å². The van der Waals surface area contributed by atoms with E-state index in [9.17, 15) is 9.18 Å². The number of carbonyl (C=O) groups excluding carboxylic acids is 1. The van der Waals surface area contributed by atoms with Gasteiger partial charge in [-0.1, -0.05) is 32.4 Å². The van der Waals surface area contributed by atoms with E-state index in [-0.39, 0.29) is 36.1 Å². The number of carbonyl (C=O) groups is 1. The summed E-state index contributed by atoms with van der Waals surface area (Å²) >= 11 is 0. The summed E-state index contributed by atoms with van der Waals surface area (Å²) in [5.74, 6) is 0.174. The number of benzene rings is 1. The molecule has 2 atom stereocenters. The highest BCUT2D eigenvalue weighted by Gasteiger charge is 2.29. The molecule has 142 valence electrons. The summed E-state index contributed by atoms with van der Waals surface area (Å²) in [6.07, 6.45) is 3.00. The Hall–Kier alpha value is -1.99. The van der Waals surface area contributed by atoms with Gasteiger partial charge in [0.25, 0.3) is 5.91 Å². The first-order chi connectivity index (χ1) is 12.0. The molecule has 1 aliphatic rings. The van der Waals surface area contributed by atoms with E-state index in [0.717, 1.165) is 19.3 Å². The average molecular weight is 382 g/mol. The Labute approximate surface area is 158 Å². The maximum absolute atomic E-state index is 14.2. The zero-order valence-electron chi connectivity index (χ0n) is 15.0. The molecule has 1 heterocycles. The Morgan fingerprint density at radius 2 is 2.12 bits per heavy atom. The molecule has 1 aromatic heterocycles. The molecule has 3 N–H and O–H groups in total. The maximum Gasteiger partial charge on any atom is 0.291 e. The third-order valence-electron chi connectivity index (χ3n) is 4.71. The van der Waals surface area contributed by atoms with Crippen molar-refractivity contribution in [2.24, 2.45) is 11.7 Å². The molecule has 2 aromatic rings. The molecule has 0 radical (unpaired) electrons. The van der Waals surface area contributed by atoms with Gasteiger partial charge in [-0.2, -0.15) is 0 Å². The van der Waals surface area contributed by atoms with Crippen LogP contribution in [0, 0.1) is 11.7 Å². The first kappa shape index (κ1) is 20.3. The third-order valence-corrected chi connectivity index (χ3v) is 4.71. The van der Waals surface area contributed by atoms with Gasteiger partial charge in [-0.25, -0.2) is 14.1 Å². The number of rotatable bonds is 5. The molecule has 26 heavy (non-hydrogen) atoms. The third kappa shape index (κ3) is 4.04. The molecule has 1 saturated carbocycles. The number of nitrogens with zero attached hydrogens (tertiary/aromatic N) is 3. The molecule has 6 nitrogen and oxygen atoms in total. The summed E-state index contributed by atoms with van der Waals surface area (Å²) in [5.41, 5.74) is 6.06. The molecular formula is C18H25ClFN5O. The topological polar surface area (TPSA) is 85.8 Å². The van der Waals surface area contributed by atoms with Gasteiger partial charge in [-0.15, -0.1) is 17.5 Å². The van der Waals surface area contributed by atoms with E-state index in [1.807, 2.05) is 13.8 Å². The molecule has 1 aromatic carbocycles. The molecule has 1 fully saturated rings. The summed E-state index contributed by atoms with van der Waals surface area (Å²) in [6.45, 7) is 4.42. The van der Waals surface area contributed by atoms with Gasteiger partial charge in [0, 0.05) is 12.0 Å². The van der Waals surface area contributed by atoms with E-state index in [1.54, 1.807) is 18.2 Å². The fourth-order valence-corrected chi connectivity index (χ4v) is 3.34. The molecule has 0 spiro atoms. The van der Waals surface area contributed by atoms with Crippen molar-refractivity contribution in [1.29, 1.82) is 0 Å². The van der Waals surface area contributed by atoms with Crippen molar-refractivity contribution in [3.63, 3.8) is 0 Å². The van der Waals surface area contributed by atoms with Gasteiger partial charge in [0.15, 0.2) is 0 Å². The first-order valence-electron chi connectivity index (χ1n) is 8.74. The second-order valence-electron chi connectivity index (χ2n) is 6.82. The molecule has 2 unspecified atom stereocenters. The number of aromatic nitrogens is 3. The van der Waals surface area contributed by atoms with Crippen LogP contribution in [-0.2, 0) is 0 Å². The molecule has 1 amide bonds. The number of nitrogens with two attached hydrogens (primary N) is 1. The zero-order valence-corrected chi connectivity index (χ0v) is 15.8. The molecule has 0 aliphatic heterocycles. The minimum Gasteiger partial charge on any atom is -0.346 e. The maximum atomic E-state index is 14.2. The van der Waals surface area contributed by atoms with Gasteiger partial charge in [0.1, 0.15) is 17.3 Å². The Bertz CT molecular complexity index is 764. The van der Waals surface area contributed by atoms with E-state index in [1.165, 1.54) is 10.7 Å². The second kappa shape index (κ2) is 8.60. The van der Waals surface area contributed by atoms with Crippen LogP contribution in [0.25, 0.3) is 5.69 Å². The summed E-state index contributed by atoms with van der Waals surface area (Å²) < 4.78 is 15.6. The van der Waals surface area contributed by atoms with Gasteiger partial charge in [0.05, 0.1) is 0 Å². The lowest BCUT2D eigenvalue weighted by Crippen LogP contribution is -2.40. The highest BCUT2D eigenvalue weighted by atomic mass is 35.5. The molecule has 0 saturated heterocycles. The van der Waals surface area contributed by atoms with E-state index < -0.39 is 5.82 Å². The predicted molar refractivity (Wildman–Crippen MR) is 100 cm³/mol. The van der Waals surface area contributed by atoms with Crippen molar-refractivity contribution >= 4 is 18.3 Å². The van der Waals surface area contributed by atoms with Crippen LogP contribution < -0.4 is 11.1 Å². The summed E-state index contributed by atoms with van der Waals surface area (Å²) in [7, 11) is 0. The highest BCUT2D eigenvalue weighted by Crippen LogP contribution is 2.25. The number of hydrogen-bond acceptors (Lipinski definition) is 4. The number of hydrogen-bond donors (Lipinski definition) is 2. The van der Waals surface area contributed by atoms with Gasteiger partial charge in [-0.05, 0) is 37.4 Å². The number of nitrogens with one attached hydrogen (secondary N) is 1. The monoisotopic (exact) mass is 381 g/mol. The lowest BCUT2D eigenvalue weighted by atomic mass is 10.0. The van der Waals surface area contributed by atoms with Crippen molar-refractivity contribution < 1.29 is 9.18 Å². The van der Waals surface area contributed by atoms with Crippen LogP contribution in [0.3, 0.4) is 0 Å². The molecule has 1 aliphatic carbocycles. The van der Waals surface area contributed by atoms with Crippen LogP contribution >= 0.6 is 12.4 Å². The lowest BCUT2D eigenvalue weighted by Gasteiger charge is -2.18. The van der Waals surface area contributed by atoms with Gasteiger partial charge in [-0.3, -0.25) is 4.79 Å². The molecular weight excluding hydrogens is 357 g/mol. The lowest BCUT2D eigenvalue weighted by molar-refractivity contribution is 0.0918. The average Bonchev–Trinajstić information content (AvgIpc) is 3.21. The molecule has 8 heteroatoms. The minimum atomic E-state index is -0.403. The quantitative estimate of drug-likeness (QED) is 0.833. The van der Waals surface area contributed by atoms with Crippen LogP contribution in [0.1, 0.15) is 55.5 Å². The Kier molecular flexibility index (Phi) is 6.72. The minimum absolute atomic E-state index is 0. The van der Waals surface area contributed by atoms with Crippen molar-refractivity contribution in [1.82, 2.24) is 20.1 Å². The van der Waals surface area contributed by atoms with Crippen LogP contribution in [0.2, 0.25) is 0 Å². The van der Waals surface area contributed by atoms with Crippen molar-refractivity contribution in [3.05, 3.63) is 41.7 Å². The standard InChI is InChI=1S/C18H24FN5O.ClH/c1-11(2)17-22-16(18(25)21-14-8-5-6-12(14)10-20)23-24(17)15-9-4-3-7-13(15)19;/h3-4,7,9,11-12,14H,5-6,8,10,20H2,1-2H3,(H,21,25);1H. The van der Waals surface area contributed by atoms with Crippen molar-refractivity contribution in [2.45, 2.75) is 45.1 Å². The first-order valence-corrected chi connectivity index (χ1v) is 8.74. The fraction of sp³-hybridized carbons (Fsp3) is 0.500. The number of amides is 1. The highest BCUT2D eigenvalue weighted by molar-refractivity contribution is 5.90. The number of para-hydroxylation sites is 1. The largest absolute Gasteiger partial charge is 0.346 e. The normalized spacial score (nSPS) is 19.4. The smallest absolute Gasteiger partial charge is 0.291 e. The van der Waals surface area contributed by atoms with Crippen LogP contribution in [0.5, 0.6) is 0 Å². The Morgan fingerprint density at radius 3 is 2.77 bits per heavy atom. The van der Waals surface area contributed by atoms with Crippen LogP contribution in [0.4, 0.5) is 4.39 Å². The Balaban J connectivity index is 0.00000243. The molecule has 3 rings (SSSR count). The van der Waals surface area contributed by atoms with Gasteiger partial charge < -0.3 is 11.1 Å². The zero-order chi connectivity index (χ0) is 18.0. The van der Waals surface area contributed by atoms with E-state index in [0.29, 0.717) is 24.0 Å².